The van der Waals surface area contributed by atoms with Crippen LogP contribution < -0.4 is 5.32 Å². The molecule has 19 heavy (non-hydrogen) atoms. The van der Waals surface area contributed by atoms with Crippen LogP contribution in [-0.4, -0.2) is 22.1 Å². The molecule has 1 aromatic heterocycles. The fourth-order valence-electron chi connectivity index (χ4n) is 2.64. The van der Waals surface area contributed by atoms with Gasteiger partial charge in [-0.1, -0.05) is 6.42 Å². The van der Waals surface area contributed by atoms with Crippen molar-refractivity contribution in [3.63, 3.8) is 0 Å². The number of hydrogen-bond donors (Lipinski definition) is 1. The van der Waals surface area contributed by atoms with Gasteiger partial charge >= 0.3 is 0 Å². The van der Waals surface area contributed by atoms with Crippen LogP contribution in [0, 0.1) is 5.82 Å². The topological polar surface area (TPSA) is 29.9 Å². The van der Waals surface area contributed by atoms with Crippen molar-refractivity contribution in [1.29, 1.82) is 0 Å². The van der Waals surface area contributed by atoms with Crippen molar-refractivity contribution in [3.05, 3.63) is 42.6 Å². The molecule has 100 valence electrons. The van der Waals surface area contributed by atoms with Crippen LogP contribution in [0.5, 0.6) is 0 Å². The molecule has 2 heterocycles. The van der Waals surface area contributed by atoms with Crippen molar-refractivity contribution >= 4 is 0 Å². The third kappa shape index (κ3) is 2.84. The molecule has 1 N–H and O–H groups in total. The van der Waals surface area contributed by atoms with Gasteiger partial charge in [0, 0.05) is 12.6 Å². The molecule has 1 saturated heterocycles. The number of aromatic nitrogens is 2. The monoisotopic (exact) mass is 259 g/mol. The maximum atomic E-state index is 13.0. The van der Waals surface area contributed by atoms with Gasteiger partial charge in [0.25, 0.3) is 0 Å². The van der Waals surface area contributed by atoms with Crippen LogP contribution >= 0.6 is 0 Å². The van der Waals surface area contributed by atoms with E-state index in [4.69, 9.17) is 0 Å². The minimum absolute atomic E-state index is 0.205. The summed E-state index contributed by atoms with van der Waals surface area (Å²) in [6.07, 6.45) is 7.47. The van der Waals surface area contributed by atoms with Crippen LogP contribution in [0.15, 0.2) is 36.8 Å². The summed E-state index contributed by atoms with van der Waals surface area (Å²) in [6, 6.07) is 7.10. The molecule has 0 aliphatic carbocycles. The van der Waals surface area contributed by atoms with Gasteiger partial charge in [-0.3, -0.25) is 0 Å². The Balaban J connectivity index is 1.79. The third-order valence-corrected chi connectivity index (χ3v) is 3.68. The zero-order valence-corrected chi connectivity index (χ0v) is 10.8. The Hall–Kier alpha value is -1.68. The van der Waals surface area contributed by atoms with Crippen LogP contribution in [0.25, 0.3) is 11.3 Å². The Morgan fingerprint density at radius 3 is 2.84 bits per heavy atom. The zero-order chi connectivity index (χ0) is 13.1. The van der Waals surface area contributed by atoms with E-state index in [1.54, 1.807) is 12.1 Å². The maximum Gasteiger partial charge on any atom is 0.123 e. The van der Waals surface area contributed by atoms with Gasteiger partial charge in [-0.05, 0) is 49.2 Å². The van der Waals surface area contributed by atoms with Gasteiger partial charge in [-0.15, -0.1) is 0 Å². The van der Waals surface area contributed by atoms with Crippen LogP contribution in [0.1, 0.15) is 19.3 Å². The highest BCUT2D eigenvalue weighted by molar-refractivity contribution is 5.58. The molecular weight excluding hydrogens is 241 g/mol. The average molecular weight is 259 g/mol. The second-order valence-corrected chi connectivity index (χ2v) is 5.08. The smallest absolute Gasteiger partial charge is 0.123 e. The van der Waals surface area contributed by atoms with Crippen molar-refractivity contribution in [1.82, 2.24) is 14.9 Å². The molecule has 0 spiro atoms. The Kier molecular flexibility index (Phi) is 3.60. The number of hydrogen-bond acceptors (Lipinski definition) is 2. The summed E-state index contributed by atoms with van der Waals surface area (Å²) in [6.45, 7) is 2.03. The Bertz CT molecular complexity index is 527. The maximum absolute atomic E-state index is 13.0. The summed E-state index contributed by atoms with van der Waals surface area (Å²) in [5.41, 5.74) is 2.06. The van der Waals surface area contributed by atoms with Crippen LogP contribution in [0.4, 0.5) is 4.39 Å². The van der Waals surface area contributed by atoms with Gasteiger partial charge in [0.2, 0.25) is 0 Å². The van der Waals surface area contributed by atoms with Crippen molar-refractivity contribution in [2.45, 2.75) is 31.8 Å². The summed E-state index contributed by atoms with van der Waals surface area (Å²) in [7, 11) is 0. The number of imidazole rings is 1. The van der Waals surface area contributed by atoms with Gasteiger partial charge in [0.1, 0.15) is 5.82 Å². The average Bonchev–Trinajstić information content (AvgIpc) is 2.89. The van der Waals surface area contributed by atoms with Gasteiger partial charge in [-0.25, -0.2) is 9.37 Å². The van der Waals surface area contributed by atoms with Gasteiger partial charge in [0.05, 0.1) is 18.2 Å². The molecular formula is C15H18FN3. The molecule has 1 aromatic carbocycles. The standard InChI is InChI=1S/C15H18FN3/c16-13-6-4-12(5-7-13)15-9-17-11-19(15)10-14-3-1-2-8-18-14/h4-7,9,11,14,18H,1-3,8,10H2. The largest absolute Gasteiger partial charge is 0.329 e. The van der Waals surface area contributed by atoms with Crippen LogP contribution in [0.2, 0.25) is 0 Å². The highest BCUT2D eigenvalue weighted by atomic mass is 19.1. The minimum atomic E-state index is -0.205. The lowest BCUT2D eigenvalue weighted by molar-refractivity contribution is 0.364. The first-order valence-electron chi connectivity index (χ1n) is 6.82. The number of rotatable bonds is 3. The number of nitrogens with one attached hydrogen (secondary N) is 1. The fraction of sp³-hybridized carbons (Fsp3) is 0.400. The van der Waals surface area contributed by atoms with E-state index in [0.29, 0.717) is 6.04 Å². The van der Waals surface area contributed by atoms with E-state index in [0.717, 1.165) is 24.3 Å². The molecule has 0 radical (unpaired) electrons. The molecule has 2 aromatic rings. The first kappa shape index (κ1) is 12.4. The van der Waals surface area contributed by atoms with Crippen molar-refractivity contribution in [2.24, 2.45) is 0 Å². The lowest BCUT2D eigenvalue weighted by Gasteiger charge is -2.24. The summed E-state index contributed by atoms with van der Waals surface area (Å²) in [5.74, 6) is -0.205. The zero-order valence-electron chi connectivity index (χ0n) is 10.8. The number of halogens is 1. The highest BCUT2D eigenvalue weighted by Gasteiger charge is 2.14. The molecule has 1 unspecified atom stereocenters. The molecule has 3 nitrogen and oxygen atoms in total. The van der Waals surface area contributed by atoms with Gasteiger partial charge in [0.15, 0.2) is 0 Å². The second-order valence-electron chi connectivity index (χ2n) is 5.08. The number of piperidine rings is 1. The van der Waals surface area contributed by atoms with E-state index in [1.807, 2.05) is 12.5 Å². The second kappa shape index (κ2) is 5.53. The number of benzene rings is 1. The van der Waals surface area contributed by atoms with Crippen LogP contribution in [0.3, 0.4) is 0 Å². The quantitative estimate of drug-likeness (QED) is 0.918. The lowest BCUT2D eigenvalue weighted by Crippen LogP contribution is -2.37. The van der Waals surface area contributed by atoms with Crippen molar-refractivity contribution in [2.75, 3.05) is 6.54 Å². The molecule has 4 heteroatoms. The van der Waals surface area contributed by atoms with E-state index < -0.39 is 0 Å². The van der Waals surface area contributed by atoms with E-state index >= 15 is 0 Å². The first-order valence-corrected chi connectivity index (χ1v) is 6.82. The van der Waals surface area contributed by atoms with E-state index in [1.165, 1.54) is 31.4 Å². The summed E-state index contributed by atoms with van der Waals surface area (Å²) < 4.78 is 15.1. The third-order valence-electron chi connectivity index (χ3n) is 3.68. The van der Waals surface area contributed by atoms with Gasteiger partial charge < -0.3 is 9.88 Å². The number of nitrogens with zero attached hydrogens (tertiary/aromatic N) is 2. The molecule has 0 saturated carbocycles. The minimum Gasteiger partial charge on any atom is -0.329 e. The molecule has 1 aliphatic heterocycles. The molecule has 1 aliphatic rings. The summed E-state index contributed by atoms with van der Waals surface area (Å²) in [5, 5.41) is 3.54. The molecule has 1 fully saturated rings. The summed E-state index contributed by atoms with van der Waals surface area (Å²) in [4.78, 5) is 4.23. The SMILES string of the molecule is Fc1ccc(-c2cncn2CC2CCCCN2)cc1. The van der Waals surface area contributed by atoms with Crippen LogP contribution in [-0.2, 0) is 6.54 Å². The molecule has 0 amide bonds. The Morgan fingerprint density at radius 2 is 2.11 bits per heavy atom. The predicted molar refractivity (Wildman–Crippen MR) is 73.3 cm³/mol. The van der Waals surface area contributed by atoms with Gasteiger partial charge in [-0.2, -0.15) is 0 Å². The van der Waals surface area contributed by atoms with Crippen molar-refractivity contribution in [3.8, 4) is 11.3 Å². The normalized spacial score (nSPS) is 19.5. The molecule has 3 rings (SSSR count). The molecule has 0 bridgehead atoms. The highest BCUT2D eigenvalue weighted by Crippen LogP contribution is 2.20. The fourth-order valence-corrected chi connectivity index (χ4v) is 2.64. The molecule has 1 atom stereocenters. The van der Waals surface area contributed by atoms with E-state index in [-0.39, 0.29) is 5.82 Å². The van der Waals surface area contributed by atoms with Crippen molar-refractivity contribution < 1.29 is 4.39 Å². The first-order chi connectivity index (χ1) is 9.33. The Morgan fingerprint density at radius 1 is 1.26 bits per heavy atom. The predicted octanol–water partition coefficient (Wildman–Crippen LogP) is 2.83. The lowest BCUT2D eigenvalue weighted by atomic mass is 10.0. The Labute approximate surface area is 112 Å². The van der Waals surface area contributed by atoms with E-state index in [9.17, 15) is 4.39 Å². The van der Waals surface area contributed by atoms with E-state index in [2.05, 4.69) is 14.9 Å². The summed E-state index contributed by atoms with van der Waals surface area (Å²) >= 11 is 0.